The fourth-order valence-corrected chi connectivity index (χ4v) is 6.95. The fourth-order valence-electron chi connectivity index (χ4n) is 3.35. The van der Waals surface area contributed by atoms with Crippen molar-refractivity contribution in [1.29, 1.82) is 0 Å². The van der Waals surface area contributed by atoms with Crippen LogP contribution in [0, 0.1) is 0 Å². The molecule has 0 aromatic heterocycles. The number of nitrogens with two attached hydrogens (primary N) is 1. The van der Waals surface area contributed by atoms with Crippen LogP contribution in [0.3, 0.4) is 0 Å². The summed E-state index contributed by atoms with van der Waals surface area (Å²) in [5.41, 5.74) is 6.37. The lowest BCUT2D eigenvalue weighted by Gasteiger charge is -2.44. The zero-order valence-corrected chi connectivity index (χ0v) is 15.8. The van der Waals surface area contributed by atoms with Gasteiger partial charge in [-0.2, -0.15) is 0 Å². The van der Waals surface area contributed by atoms with Crippen LogP contribution in [0.25, 0.3) is 0 Å². The summed E-state index contributed by atoms with van der Waals surface area (Å²) in [6.07, 6.45) is 0. The summed E-state index contributed by atoms with van der Waals surface area (Å²) in [6.45, 7) is 3.32. The van der Waals surface area contributed by atoms with Crippen LogP contribution in [-0.2, 0) is 14.2 Å². The molecule has 1 aromatic carbocycles. The summed E-state index contributed by atoms with van der Waals surface area (Å²) < 4.78 is 10.9. The van der Waals surface area contributed by atoms with Gasteiger partial charge in [-0.05, 0) is 31.5 Å². The Kier molecular flexibility index (Phi) is 4.61. The Hall–Kier alpha value is -1.58. The van der Waals surface area contributed by atoms with E-state index in [9.17, 15) is 29.0 Å². The molecule has 3 rings (SSSR count). The van der Waals surface area contributed by atoms with Crippen molar-refractivity contribution in [2.24, 2.45) is 5.73 Å². The normalized spacial score (nSPS) is 28.3. The molecule has 11 heteroatoms. The van der Waals surface area contributed by atoms with E-state index in [1.165, 1.54) is 36.0 Å². The standard InChI is InChI=1S/C15H20N3O6PS/c1-15(2)14(25(22,23)24)18-12(21)10(13(18)26-15)17-11(20)9(16)7-3-5-8(19)6-4-7/h3-6,9-10,13-14,19H,16H2,1-2H3,(H,17,20)(H2,22,23,24)/t9?,10?,13-,14?/m0/s1. The van der Waals surface area contributed by atoms with Crippen LogP contribution in [0.2, 0.25) is 0 Å². The summed E-state index contributed by atoms with van der Waals surface area (Å²) in [7, 11) is -4.52. The topological polar surface area (TPSA) is 153 Å². The molecule has 0 radical (unpaired) electrons. The van der Waals surface area contributed by atoms with Gasteiger partial charge in [-0.3, -0.25) is 14.2 Å². The van der Waals surface area contributed by atoms with Gasteiger partial charge in [-0.25, -0.2) is 0 Å². The van der Waals surface area contributed by atoms with E-state index in [0.717, 1.165) is 4.90 Å². The Bertz CT molecular complexity index is 795. The first-order valence-corrected chi connectivity index (χ1v) is 10.4. The maximum Gasteiger partial charge on any atom is 0.349 e. The summed E-state index contributed by atoms with van der Waals surface area (Å²) in [5.74, 6) is -2.30. The number of thioether (sulfide) groups is 1. The van der Waals surface area contributed by atoms with Crippen molar-refractivity contribution in [3.63, 3.8) is 0 Å². The zero-order valence-electron chi connectivity index (χ0n) is 14.1. The summed E-state index contributed by atoms with van der Waals surface area (Å²) in [5, 5.41) is 11.3. The molecule has 2 heterocycles. The number of carbonyl (C=O) groups is 2. The lowest BCUT2D eigenvalue weighted by Crippen LogP contribution is -2.69. The summed E-state index contributed by atoms with van der Waals surface area (Å²) in [4.78, 5) is 45.1. The van der Waals surface area contributed by atoms with Gasteiger partial charge in [0.1, 0.15) is 29.0 Å². The number of benzene rings is 1. The maximum atomic E-state index is 12.4. The highest BCUT2D eigenvalue weighted by Gasteiger charge is 2.66. The second-order valence-corrected chi connectivity index (χ2v) is 10.3. The second-order valence-electron chi connectivity index (χ2n) is 6.88. The van der Waals surface area contributed by atoms with E-state index in [0.29, 0.717) is 5.56 Å². The van der Waals surface area contributed by atoms with Crippen LogP contribution in [0.1, 0.15) is 25.5 Å². The zero-order chi connectivity index (χ0) is 19.4. The van der Waals surface area contributed by atoms with Crippen LogP contribution in [0.4, 0.5) is 0 Å². The van der Waals surface area contributed by atoms with Crippen molar-refractivity contribution in [2.75, 3.05) is 0 Å². The molecule has 2 saturated heterocycles. The Balaban J connectivity index is 1.73. The molecule has 9 nitrogen and oxygen atoms in total. The van der Waals surface area contributed by atoms with Gasteiger partial charge in [0.05, 0.1) is 0 Å². The van der Waals surface area contributed by atoms with Crippen molar-refractivity contribution in [3.05, 3.63) is 29.8 Å². The third-order valence-electron chi connectivity index (χ3n) is 4.54. The van der Waals surface area contributed by atoms with Crippen LogP contribution < -0.4 is 11.1 Å². The van der Waals surface area contributed by atoms with Gasteiger partial charge in [0.25, 0.3) is 0 Å². The molecular weight excluding hydrogens is 381 g/mol. The second kappa shape index (κ2) is 6.24. The summed E-state index contributed by atoms with van der Waals surface area (Å²) in [6, 6.07) is 3.90. The molecule has 3 unspecified atom stereocenters. The Morgan fingerprint density at radius 3 is 2.46 bits per heavy atom. The Labute approximate surface area is 154 Å². The van der Waals surface area contributed by atoms with Gasteiger partial charge < -0.3 is 30.8 Å². The number of aromatic hydroxyl groups is 1. The number of nitrogens with one attached hydrogen (secondary N) is 1. The maximum absolute atomic E-state index is 12.4. The van der Waals surface area contributed by atoms with Gasteiger partial charge >= 0.3 is 7.60 Å². The number of carbonyl (C=O) groups excluding carboxylic acids is 2. The first-order chi connectivity index (χ1) is 11.9. The highest BCUT2D eigenvalue weighted by atomic mass is 32.2. The first kappa shape index (κ1) is 19.2. The molecule has 142 valence electrons. The van der Waals surface area contributed by atoms with E-state index >= 15 is 0 Å². The molecule has 4 atom stereocenters. The number of fused-ring (bicyclic) bond motifs is 1. The van der Waals surface area contributed by atoms with Gasteiger partial charge in [0, 0.05) is 4.75 Å². The van der Waals surface area contributed by atoms with E-state index in [1.807, 2.05) is 0 Å². The van der Waals surface area contributed by atoms with Crippen molar-refractivity contribution in [1.82, 2.24) is 10.2 Å². The third-order valence-corrected chi connectivity index (χ3v) is 7.82. The molecule has 0 aliphatic carbocycles. The molecule has 2 fully saturated rings. The first-order valence-electron chi connectivity index (χ1n) is 7.83. The molecule has 0 bridgehead atoms. The van der Waals surface area contributed by atoms with Crippen molar-refractivity contribution in [3.8, 4) is 5.75 Å². The molecule has 6 N–H and O–H groups in total. The quantitative estimate of drug-likeness (QED) is 0.351. The van der Waals surface area contributed by atoms with Gasteiger partial charge in [0.2, 0.25) is 11.8 Å². The number of amides is 2. The summed E-state index contributed by atoms with van der Waals surface area (Å²) >= 11 is 1.24. The molecular formula is C15H20N3O6PS. The number of phenolic OH excluding ortho intramolecular Hbond substituents is 1. The van der Waals surface area contributed by atoms with Crippen molar-refractivity contribution < 1.29 is 29.0 Å². The lowest BCUT2D eigenvalue weighted by atomic mass is 10.0. The van der Waals surface area contributed by atoms with E-state index in [2.05, 4.69) is 5.32 Å². The van der Waals surface area contributed by atoms with E-state index in [1.54, 1.807) is 13.8 Å². The van der Waals surface area contributed by atoms with Crippen LogP contribution in [-0.4, -0.2) is 53.6 Å². The van der Waals surface area contributed by atoms with Gasteiger partial charge in [-0.15, -0.1) is 11.8 Å². The molecule has 2 aliphatic rings. The van der Waals surface area contributed by atoms with Crippen molar-refractivity contribution >= 4 is 31.2 Å². The molecule has 2 amide bonds. The minimum Gasteiger partial charge on any atom is -0.508 e. The molecule has 1 aromatic rings. The highest BCUT2D eigenvalue weighted by molar-refractivity contribution is 8.02. The van der Waals surface area contributed by atoms with Crippen molar-refractivity contribution in [2.45, 2.75) is 41.8 Å². The van der Waals surface area contributed by atoms with Crippen LogP contribution >= 0.6 is 19.4 Å². The van der Waals surface area contributed by atoms with Gasteiger partial charge in [0.15, 0.2) is 0 Å². The number of phenols is 1. The largest absolute Gasteiger partial charge is 0.508 e. The lowest BCUT2D eigenvalue weighted by molar-refractivity contribution is -0.149. The smallest absolute Gasteiger partial charge is 0.349 e. The Morgan fingerprint density at radius 2 is 1.92 bits per heavy atom. The number of nitrogens with zero attached hydrogens (tertiary/aromatic N) is 1. The number of β-lactam (4-membered cyclic amide) rings is 1. The molecule has 0 spiro atoms. The third kappa shape index (κ3) is 3.12. The average molecular weight is 401 g/mol. The predicted octanol–water partition coefficient (Wildman–Crippen LogP) is 0.0743. The number of rotatable bonds is 4. The Morgan fingerprint density at radius 1 is 1.35 bits per heavy atom. The minimum absolute atomic E-state index is 0.0410. The average Bonchev–Trinajstić information content (AvgIpc) is 2.80. The van der Waals surface area contributed by atoms with E-state index < -0.39 is 47.4 Å². The highest BCUT2D eigenvalue weighted by Crippen LogP contribution is 2.62. The van der Waals surface area contributed by atoms with Crippen LogP contribution in [0.15, 0.2) is 24.3 Å². The fraction of sp³-hybridized carbons (Fsp3) is 0.467. The molecule has 0 saturated carbocycles. The number of hydrogen-bond donors (Lipinski definition) is 5. The number of hydrogen-bond acceptors (Lipinski definition) is 6. The minimum atomic E-state index is -4.52. The SMILES string of the molecule is CC1(C)S[C@H]2C(NC(=O)C(N)c3ccc(O)cc3)C(=O)N2C1P(=O)(O)O. The van der Waals surface area contributed by atoms with E-state index in [4.69, 9.17) is 5.73 Å². The van der Waals surface area contributed by atoms with Crippen LogP contribution in [0.5, 0.6) is 5.75 Å². The predicted molar refractivity (Wildman–Crippen MR) is 95.1 cm³/mol. The molecule has 2 aliphatic heterocycles. The molecule has 26 heavy (non-hydrogen) atoms. The van der Waals surface area contributed by atoms with Gasteiger partial charge in [-0.1, -0.05) is 12.1 Å². The monoisotopic (exact) mass is 401 g/mol. The van der Waals surface area contributed by atoms with E-state index in [-0.39, 0.29) is 5.75 Å².